The lowest BCUT2D eigenvalue weighted by Gasteiger charge is -2.24. The van der Waals surface area contributed by atoms with Crippen molar-refractivity contribution in [2.75, 3.05) is 20.3 Å². The maximum Gasteiger partial charge on any atom is 0.251 e. The van der Waals surface area contributed by atoms with E-state index in [1.807, 2.05) is 55.5 Å². The Bertz CT molecular complexity index is 689. The van der Waals surface area contributed by atoms with E-state index in [-0.39, 0.29) is 24.3 Å². The Balaban J connectivity index is 1.93. The number of carbonyl (C=O) groups is 2. The lowest BCUT2D eigenvalue weighted by Crippen LogP contribution is -2.40. The Labute approximate surface area is 155 Å². The summed E-state index contributed by atoms with van der Waals surface area (Å²) in [6.45, 7) is 3.37. The van der Waals surface area contributed by atoms with Gasteiger partial charge in [0.05, 0.1) is 6.61 Å². The van der Waals surface area contributed by atoms with Gasteiger partial charge in [0.25, 0.3) is 5.91 Å². The second-order valence-electron chi connectivity index (χ2n) is 6.24. The molecule has 0 aliphatic rings. The molecular weight excluding hydrogens is 328 g/mol. The zero-order valence-electron chi connectivity index (χ0n) is 15.4. The number of nitrogens with one attached hydrogen (secondary N) is 1. The zero-order chi connectivity index (χ0) is 18.8. The first-order chi connectivity index (χ1) is 12.6. The number of ether oxygens (including phenoxy) is 1. The summed E-state index contributed by atoms with van der Waals surface area (Å²) in [7, 11) is 1.62. The van der Waals surface area contributed by atoms with E-state index < -0.39 is 0 Å². The summed E-state index contributed by atoms with van der Waals surface area (Å²) in [6.07, 6.45) is 0.245. The SMILES string of the molecule is COCCN(Cc1ccccc1)C(=O)CC(C)NC(=O)c1ccccc1. The number of carbonyl (C=O) groups excluding carboxylic acids is 2. The van der Waals surface area contributed by atoms with E-state index in [4.69, 9.17) is 4.74 Å². The van der Waals surface area contributed by atoms with Crippen molar-refractivity contribution in [3.05, 3.63) is 71.8 Å². The molecule has 0 aromatic heterocycles. The molecule has 2 rings (SSSR count). The highest BCUT2D eigenvalue weighted by molar-refractivity contribution is 5.94. The fourth-order valence-corrected chi connectivity index (χ4v) is 2.64. The van der Waals surface area contributed by atoms with Crippen molar-refractivity contribution in [2.24, 2.45) is 0 Å². The van der Waals surface area contributed by atoms with Crippen molar-refractivity contribution < 1.29 is 14.3 Å². The van der Waals surface area contributed by atoms with Crippen molar-refractivity contribution in [1.29, 1.82) is 0 Å². The second-order valence-corrected chi connectivity index (χ2v) is 6.24. The fraction of sp³-hybridized carbons (Fsp3) is 0.333. The fourth-order valence-electron chi connectivity index (χ4n) is 2.64. The van der Waals surface area contributed by atoms with E-state index in [9.17, 15) is 9.59 Å². The maximum atomic E-state index is 12.7. The molecule has 0 saturated heterocycles. The van der Waals surface area contributed by atoms with Crippen LogP contribution in [-0.4, -0.2) is 43.0 Å². The van der Waals surface area contributed by atoms with Gasteiger partial charge in [-0.2, -0.15) is 0 Å². The van der Waals surface area contributed by atoms with Crippen molar-refractivity contribution in [3.63, 3.8) is 0 Å². The van der Waals surface area contributed by atoms with Crippen LogP contribution in [0.5, 0.6) is 0 Å². The summed E-state index contributed by atoms with van der Waals surface area (Å²) in [5.74, 6) is -0.177. The third-order valence-electron chi connectivity index (χ3n) is 4.03. The minimum absolute atomic E-state index is 0.00763. The summed E-state index contributed by atoms with van der Waals surface area (Å²) in [6, 6.07) is 18.6. The normalized spacial score (nSPS) is 11.6. The van der Waals surface area contributed by atoms with Crippen LogP contribution in [0.4, 0.5) is 0 Å². The van der Waals surface area contributed by atoms with Gasteiger partial charge in [-0.3, -0.25) is 9.59 Å². The largest absolute Gasteiger partial charge is 0.383 e. The standard InChI is InChI=1S/C21H26N2O3/c1-17(22-21(25)19-11-7-4-8-12-19)15-20(24)23(13-14-26-2)16-18-9-5-3-6-10-18/h3-12,17H,13-16H2,1-2H3,(H,22,25). The molecule has 5 nitrogen and oxygen atoms in total. The van der Waals surface area contributed by atoms with Gasteiger partial charge in [-0.05, 0) is 24.6 Å². The van der Waals surface area contributed by atoms with Crippen LogP contribution in [-0.2, 0) is 16.1 Å². The van der Waals surface area contributed by atoms with Gasteiger partial charge in [-0.1, -0.05) is 48.5 Å². The predicted octanol–water partition coefficient (Wildman–Crippen LogP) is 2.87. The van der Waals surface area contributed by atoms with Crippen LogP contribution >= 0.6 is 0 Å². The molecule has 0 aliphatic carbocycles. The van der Waals surface area contributed by atoms with E-state index in [0.717, 1.165) is 5.56 Å². The lowest BCUT2D eigenvalue weighted by molar-refractivity contribution is -0.132. The van der Waals surface area contributed by atoms with Gasteiger partial charge in [0.15, 0.2) is 0 Å². The molecule has 0 spiro atoms. The van der Waals surface area contributed by atoms with Crippen LogP contribution in [0.1, 0.15) is 29.3 Å². The van der Waals surface area contributed by atoms with Gasteiger partial charge < -0.3 is 15.0 Å². The molecule has 0 aliphatic heterocycles. The Morgan fingerprint density at radius 1 is 1.04 bits per heavy atom. The van der Waals surface area contributed by atoms with Crippen molar-refractivity contribution in [1.82, 2.24) is 10.2 Å². The van der Waals surface area contributed by atoms with E-state index in [1.165, 1.54) is 0 Å². The molecule has 0 radical (unpaired) electrons. The molecule has 0 heterocycles. The Hall–Kier alpha value is -2.66. The molecule has 2 amide bonds. The van der Waals surface area contributed by atoms with E-state index in [1.54, 1.807) is 24.1 Å². The van der Waals surface area contributed by atoms with Crippen LogP contribution in [0.3, 0.4) is 0 Å². The van der Waals surface area contributed by atoms with Gasteiger partial charge in [0.1, 0.15) is 0 Å². The molecule has 0 saturated carbocycles. The van der Waals surface area contributed by atoms with Gasteiger partial charge in [0, 0.05) is 38.2 Å². The van der Waals surface area contributed by atoms with Crippen molar-refractivity contribution in [2.45, 2.75) is 25.9 Å². The molecule has 5 heteroatoms. The van der Waals surface area contributed by atoms with Gasteiger partial charge in [-0.25, -0.2) is 0 Å². The van der Waals surface area contributed by atoms with Gasteiger partial charge >= 0.3 is 0 Å². The number of methoxy groups -OCH3 is 1. The monoisotopic (exact) mass is 354 g/mol. The van der Waals surface area contributed by atoms with Crippen LogP contribution in [0.2, 0.25) is 0 Å². The molecule has 138 valence electrons. The van der Waals surface area contributed by atoms with E-state index in [0.29, 0.717) is 25.3 Å². The highest BCUT2D eigenvalue weighted by Crippen LogP contribution is 2.08. The third kappa shape index (κ3) is 6.33. The molecule has 1 unspecified atom stereocenters. The molecule has 26 heavy (non-hydrogen) atoms. The number of hydrogen-bond donors (Lipinski definition) is 1. The summed E-state index contributed by atoms with van der Waals surface area (Å²) >= 11 is 0. The number of rotatable bonds is 9. The zero-order valence-corrected chi connectivity index (χ0v) is 15.4. The number of hydrogen-bond acceptors (Lipinski definition) is 3. The third-order valence-corrected chi connectivity index (χ3v) is 4.03. The second kappa shape index (κ2) is 10.4. The molecule has 2 aromatic rings. The first kappa shape index (κ1) is 19.7. The van der Waals surface area contributed by atoms with Crippen molar-refractivity contribution >= 4 is 11.8 Å². The Morgan fingerprint density at radius 2 is 1.65 bits per heavy atom. The van der Waals surface area contributed by atoms with Crippen LogP contribution in [0.25, 0.3) is 0 Å². The first-order valence-corrected chi connectivity index (χ1v) is 8.76. The summed E-state index contributed by atoms with van der Waals surface area (Å²) in [4.78, 5) is 26.7. The average Bonchev–Trinajstić information content (AvgIpc) is 2.66. The summed E-state index contributed by atoms with van der Waals surface area (Å²) < 4.78 is 5.12. The lowest BCUT2D eigenvalue weighted by atomic mass is 10.1. The number of amides is 2. The quantitative estimate of drug-likeness (QED) is 0.753. The molecule has 1 N–H and O–H groups in total. The highest BCUT2D eigenvalue weighted by atomic mass is 16.5. The van der Waals surface area contributed by atoms with E-state index >= 15 is 0 Å². The molecular formula is C21H26N2O3. The molecule has 0 bridgehead atoms. The van der Waals surface area contributed by atoms with Crippen molar-refractivity contribution in [3.8, 4) is 0 Å². The molecule has 2 aromatic carbocycles. The molecule has 1 atom stereocenters. The molecule has 0 fully saturated rings. The minimum atomic E-state index is -0.254. The average molecular weight is 354 g/mol. The predicted molar refractivity (Wildman–Crippen MR) is 102 cm³/mol. The Morgan fingerprint density at radius 3 is 2.27 bits per heavy atom. The van der Waals surface area contributed by atoms with E-state index in [2.05, 4.69) is 5.32 Å². The Kier molecular flexibility index (Phi) is 7.83. The topological polar surface area (TPSA) is 58.6 Å². The smallest absolute Gasteiger partial charge is 0.251 e. The van der Waals surface area contributed by atoms with Gasteiger partial charge in [0.2, 0.25) is 5.91 Å². The minimum Gasteiger partial charge on any atom is -0.383 e. The highest BCUT2D eigenvalue weighted by Gasteiger charge is 2.18. The summed E-state index contributed by atoms with van der Waals surface area (Å²) in [5.41, 5.74) is 1.66. The van der Waals surface area contributed by atoms with Crippen LogP contribution < -0.4 is 5.32 Å². The number of benzene rings is 2. The number of nitrogens with zero attached hydrogens (tertiary/aromatic N) is 1. The van der Waals surface area contributed by atoms with Crippen LogP contribution in [0, 0.1) is 0 Å². The van der Waals surface area contributed by atoms with Gasteiger partial charge in [-0.15, -0.1) is 0 Å². The first-order valence-electron chi connectivity index (χ1n) is 8.76. The maximum absolute atomic E-state index is 12.7. The van der Waals surface area contributed by atoms with Crippen LogP contribution in [0.15, 0.2) is 60.7 Å². The summed E-state index contributed by atoms with van der Waals surface area (Å²) in [5, 5.41) is 2.88.